The van der Waals surface area contributed by atoms with Gasteiger partial charge < -0.3 is 11.1 Å². The molecule has 5 nitrogen and oxygen atoms in total. The molecule has 2 rings (SSSR count). The Hall–Kier alpha value is -0.950. The summed E-state index contributed by atoms with van der Waals surface area (Å²) in [4.78, 5) is 12.3. The molecule has 1 atom stereocenters. The van der Waals surface area contributed by atoms with Crippen LogP contribution in [0.15, 0.2) is 6.07 Å². The molecule has 3 N–H and O–H groups in total. The van der Waals surface area contributed by atoms with Crippen molar-refractivity contribution in [2.75, 3.05) is 5.32 Å². The summed E-state index contributed by atoms with van der Waals surface area (Å²) >= 11 is 13.2. The quantitative estimate of drug-likeness (QED) is 0.898. The van der Waals surface area contributed by atoms with Crippen LogP contribution in [0.5, 0.6) is 0 Å². The van der Waals surface area contributed by atoms with E-state index in [0.717, 1.165) is 18.1 Å². The SMILES string of the molecule is CCCC(C)(N)C(=O)Nc1c(Cl)cc(Cl)c2nsnc12. The molecule has 1 heterocycles. The third-order valence-electron chi connectivity index (χ3n) is 2.97. The highest BCUT2D eigenvalue weighted by Gasteiger charge is 2.28. The van der Waals surface area contributed by atoms with Crippen LogP contribution in [0.25, 0.3) is 11.0 Å². The number of hydrogen-bond acceptors (Lipinski definition) is 5. The monoisotopic (exact) mass is 332 g/mol. The van der Waals surface area contributed by atoms with Crippen molar-refractivity contribution in [2.24, 2.45) is 5.73 Å². The Labute approximate surface area is 130 Å². The minimum Gasteiger partial charge on any atom is -0.321 e. The van der Waals surface area contributed by atoms with Gasteiger partial charge >= 0.3 is 0 Å². The number of carbonyl (C=O) groups is 1. The molecule has 8 heteroatoms. The van der Waals surface area contributed by atoms with E-state index in [1.165, 1.54) is 6.07 Å². The summed E-state index contributed by atoms with van der Waals surface area (Å²) in [5.74, 6) is -0.308. The molecule has 0 fully saturated rings. The maximum absolute atomic E-state index is 12.3. The van der Waals surface area contributed by atoms with Crippen molar-refractivity contribution in [3.63, 3.8) is 0 Å². The average molecular weight is 333 g/mol. The third-order valence-corrected chi connectivity index (χ3v) is 4.09. The minimum atomic E-state index is -0.965. The fraction of sp³-hybridized carbons (Fsp3) is 0.417. The molecule has 1 aromatic carbocycles. The third kappa shape index (κ3) is 2.88. The van der Waals surface area contributed by atoms with Gasteiger partial charge in [0.25, 0.3) is 0 Å². The number of anilines is 1. The number of benzene rings is 1. The fourth-order valence-electron chi connectivity index (χ4n) is 1.88. The second-order valence-electron chi connectivity index (χ2n) is 4.80. The van der Waals surface area contributed by atoms with Gasteiger partial charge in [0.05, 0.1) is 33.0 Å². The van der Waals surface area contributed by atoms with Crippen molar-refractivity contribution in [3.8, 4) is 0 Å². The molecule has 0 saturated carbocycles. The summed E-state index contributed by atoms with van der Waals surface area (Å²) in [5.41, 5.74) is 6.44. The van der Waals surface area contributed by atoms with E-state index in [1.807, 2.05) is 6.92 Å². The number of nitrogens with two attached hydrogens (primary N) is 1. The number of nitrogens with zero attached hydrogens (tertiary/aromatic N) is 2. The number of hydrogen-bond donors (Lipinski definition) is 2. The molecule has 1 aromatic heterocycles. The van der Waals surface area contributed by atoms with Crippen LogP contribution in [0, 0.1) is 0 Å². The highest BCUT2D eigenvalue weighted by molar-refractivity contribution is 7.00. The van der Waals surface area contributed by atoms with E-state index in [4.69, 9.17) is 28.9 Å². The average Bonchev–Trinajstić information content (AvgIpc) is 2.83. The Balaban J connectivity index is 2.39. The molecular weight excluding hydrogens is 319 g/mol. The molecule has 108 valence electrons. The topological polar surface area (TPSA) is 80.9 Å². The molecule has 0 aliphatic carbocycles. The number of carbonyl (C=O) groups excluding carboxylic acids is 1. The van der Waals surface area contributed by atoms with Gasteiger partial charge in [0.15, 0.2) is 0 Å². The number of halogens is 2. The molecule has 0 bridgehead atoms. The predicted molar refractivity (Wildman–Crippen MR) is 83.6 cm³/mol. The number of amides is 1. The molecule has 2 aromatic rings. The maximum atomic E-state index is 12.3. The summed E-state index contributed by atoms with van der Waals surface area (Å²) in [7, 11) is 0. The van der Waals surface area contributed by atoms with Crippen molar-refractivity contribution in [2.45, 2.75) is 32.2 Å². The zero-order valence-corrected chi connectivity index (χ0v) is 13.4. The van der Waals surface area contributed by atoms with Gasteiger partial charge in [0.2, 0.25) is 5.91 Å². The van der Waals surface area contributed by atoms with Crippen LogP contribution in [0.2, 0.25) is 10.0 Å². The first-order chi connectivity index (χ1) is 9.36. The van der Waals surface area contributed by atoms with Crippen LogP contribution in [0.1, 0.15) is 26.7 Å². The van der Waals surface area contributed by atoms with Gasteiger partial charge in [-0.15, -0.1) is 0 Å². The number of fused-ring (bicyclic) bond motifs is 1. The van der Waals surface area contributed by atoms with Crippen LogP contribution in [-0.4, -0.2) is 20.2 Å². The first kappa shape index (κ1) is 15.4. The second kappa shape index (κ2) is 5.81. The summed E-state index contributed by atoms with van der Waals surface area (Å²) in [6, 6.07) is 1.54. The van der Waals surface area contributed by atoms with Gasteiger partial charge in [0, 0.05) is 0 Å². The van der Waals surface area contributed by atoms with Crippen LogP contribution in [0.3, 0.4) is 0 Å². The lowest BCUT2D eigenvalue weighted by molar-refractivity contribution is -0.120. The summed E-state index contributed by atoms with van der Waals surface area (Å²) in [6.07, 6.45) is 1.38. The fourth-order valence-corrected chi connectivity index (χ4v) is 3.04. The van der Waals surface area contributed by atoms with Gasteiger partial charge in [-0.25, -0.2) is 0 Å². The molecule has 20 heavy (non-hydrogen) atoms. The van der Waals surface area contributed by atoms with Crippen LogP contribution >= 0.6 is 34.9 Å². The Bertz CT molecular complexity index is 656. The maximum Gasteiger partial charge on any atom is 0.244 e. The van der Waals surface area contributed by atoms with Crippen molar-refractivity contribution in [3.05, 3.63) is 16.1 Å². The van der Waals surface area contributed by atoms with Crippen LogP contribution < -0.4 is 11.1 Å². The Kier molecular flexibility index (Phi) is 4.49. The van der Waals surface area contributed by atoms with Gasteiger partial charge in [0.1, 0.15) is 11.0 Å². The van der Waals surface area contributed by atoms with E-state index >= 15 is 0 Å². The van der Waals surface area contributed by atoms with Crippen molar-refractivity contribution >= 4 is 57.6 Å². The second-order valence-corrected chi connectivity index (χ2v) is 6.14. The summed E-state index contributed by atoms with van der Waals surface area (Å²) < 4.78 is 8.21. The van der Waals surface area contributed by atoms with E-state index < -0.39 is 5.54 Å². The van der Waals surface area contributed by atoms with Gasteiger partial charge in [-0.3, -0.25) is 4.79 Å². The van der Waals surface area contributed by atoms with Crippen molar-refractivity contribution < 1.29 is 4.79 Å². The molecule has 0 aliphatic heterocycles. The van der Waals surface area contributed by atoms with Gasteiger partial charge in [-0.1, -0.05) is 36.5 Å². The standard InChI is InChI=1S/C12H14Cl2N4OS/c1-3-4-12(2,15)11(19)16-8-6(13)5-7(14)9-10(8)18-20-17-9/h5H,3-4,15H2,1-2H3,(H,16,19). The van der Waals surface area contributed by atoms with Crippen molar-refractivity contribution in [1.29, 1.82) is 0 Å². The molecule has 0 radical (unpaired) electrons. The highest BCUT2D eigenvalue weighted by atomic mass is 35.5. The Morgan fingerprint density at radius 2 is 2.05 bits per heavy atom. The molecule has 1 amide bonds. The summed E-state index contributed by atoms with van der Waals surface area (Å²) in [6.45, 7) is 3.66. The van der Waals surface area contributed by atoms with Crippen LogP contribution in [-0.2, 0) is 4.79 Å². The molecule has 0 saturated heterocycles. The lowest BCUT2D eigenvalue weighted by Gasteiger charge is -2.23. The molecule has 0 spiro atoms. The Morgan fingerprint density at radius 3 is 2.70 bits per heavy atom. The number of rotatable bonds is 4. The normalized spacial score (nSPS) is 14.2. The zero-order chi connectivity index (χ0) is 14.9. The predicted octanol–water partition coefficient (Wildman–Crippen LogP) is 3.45. The van der Waals surface area contributed by atoms with E-state index in [2.05, 4.69) is 14.1 Å². The first-order valence-corrected chi connectivity index (χ1v) is 7.56. The van der Waals surface area contributed by atoms with Crippen molar-refractivity contribution in [1.82, 2.24) is 8.75 Å². The number of nitrogens with one attached hydrogen (secondary N) is 1. The van der Waals surface area contributed by atoms with E-state index in [9.17, 15) is 4.79 Å². The van der Waals surface area contributed by atoms with E-state index in [0.29, 0.717) is 33.2 Å². The summed E-state index contributed by atoms with van der Waals surface area (Å²) in [5, 5.41) is 3.46. The number of aromatic nitrogens is 2. The first-order valence-electron chi connectivity index (χ1n) is 6.07. The van der Waals surface area contributed by atoms with E-state index in [-0.39, 0.29) is 5.91 Å². The zero-order valence-electron chi connectivity index (χ0n) is 11.0. The lowest BCUT2D eigenvalue weighted by Crippen LogP contribution is -2.48. The Morgan fingerprint density at radius 1 is 1.40 bits per heavy atom. The minimum absolute atomic E-state index is 0.308. The van der Waals surface area contributed by atoms with Gasteiger partial charge in [-0.05, 0) is 19.4 Å². The molecule has 0 aliphatic rings. The molecular formula is C12H14Cl2N4OS. The lowest BCUT2D eigenvalue weighted by atomic mass is 9.96. The molecule has 1 unspecified atom stereocenters. The largest absolute Gasteiger partial charge is 0.321 e. The van der Waals surface area contributed by atoms with Crippen LogP contribution in [0.4, 0.5) is 5.69 Å². The van der Waals surface area contributed by atoms with E-state index in [1.54, 1.807) is 6.92 Å². The van der Waals surface area contributed by atoms with Gasteiger partial charge in [-0.2, -0.15) is 8.75 Å². The highest BCUT2D eigenvalue weighted by Crippen LogP contribution is 2.35. The smallest absolute Gasteiger partial charge is 0.244 e.